The van der Waals surface area contributed by atoms with Crippen LogP contribution in [0.15, 0.2) is 24.3 Å². The first-order valence-electron chi connectivity index (χ1n) is 6.82. The molecule has 4 nitrogen and oxygen atoms in total. The Morgan fingerprint density at radius 1 is 1.20 bits per heavy atom. The number of hydrogen-bond donors (Lipinski definition) is 1. The summed E-state index contributed by atoms with van der Waals surface area (Å²) in [6.45, 7) is 1.41. The fourth-order valence-corrected chi connectivity index (χ4v) is 2.92. The van der Waals surface area contributed by atoms with Crippen molar-refractivity contribution in [1.82, 2.24) is 4.90 Å². The number of amides is 2. The van der Waals surface area contributed by atoms with Gasteiger partial charge in [-0.05, 0) is 36.5 Å². The number of carbonyl (C=O) groups excluding carboxylic acids is 2. The second kappa shape index (κ2) is 6.88. The van der Waals surface area contributed by atoms with E-state index in [4.69, 9.17) is 5.73 Å². The molecule has 108 valence electrons. The van der Waals surface area contributed by atoms with Crippen LogP contribution < -0.4 is 5.73 Å². The second-order valence-corrected chi connectivity index (χ2v) is 5.80. The van der Waals surface area contributed by atoms with Gasteiger partial charge < -0.3 is 10.6 Å². The summed E-state index contributed by atoms with van der Waals surface area (Å²) in [5, 5.41) is 0.792. The Hall–Kier alpha value is -1.36. The van der Waals surface area contributed by atoms with Crippen LogP contribution in [0.1, 0.15) is 35.2 Å². The monoisotopic (exact) mass is 338 g/mol. The van der Waals surface area contributed by atoms with Crippen LogP contribution in [-0.2, 0) is 10.1 Å². The van der Waals surface area contributed by atoms with Crippen LogP contribution in [0.4, 0.5) is 0 Å². The topological polar surface area (TPSA) is 63.4 Å². The number of carbonyl (C=O) groups is 2. The minimum Gasteiger partial charge on any atom is -0.370 e. The minimum atomic E-state index is -0.250. The molecular weight excluding hydrogens is 320 g/mol. The van der Waals surface area contributed by atoms with Crippen molar-refractivity contribution in [3.05, 3.63) is 35.4 Å². The molecule has 1 heterocycles. The van der Waals surface area contributed by atoms with E-state index in [2.05, 4.69) is 15.9 Å². The van der Waals surface area contributed by atoms with Crippen molar-refractivity contribution >= 4 is 27.7 Å². The van der Waals surface area contributed by atoms with Gasteiger partial charge in [0, 0.05) is 30.4 Å². The Morgan fingerprint density at radius 2 is 1.80 bits per heavy atom. The van der Waals surface area contributed by atoms with E-state index < -0.39 is 0 Å². The Kier molecular flexibility index (Phi) is 5.17. The van der Waals surface area contributed by atoms with Crippen LogP contribution in [0.5, 0.6) is 0 Å². The molecule has 0 unspecified atom stereocenters. The first-order chi connectivity index (χ1) is 9.60. The van der Waals surface area contributed by atoms with Crippen molar-refractivity contribution in [2.24, 2.45) is 11.7 Å². The zero-order chi connectivity index (χ0) is 14.5. The van der Waals surface area contributed by atoms with Crippen LogP contribution >= 0.6 is 15.9 Å². The maximum absolute atomic E-state index is 12.4. The van der Waals surface area contributed by atoms with Crippen LogP contribution in [0.2, 0.25) is 0 Å². The van der Waals surface area contributed by atoms with Crippen molar-refractivity contribution < 1.29 is 9.59 Å². The zero-order valence-electron chi connectivity index (χ0n) is 11.3. The molecule has 1 aromatic rings. The van der Waals surface area contributed by atoms with Gasteiger partial charge in [0.2, 0.25) is 5.91 Å². The van der Waals surface area contributed by atoms with Crippen molar-refractivity contribution in [2.75, 3.05) is 13.1 Å². The fraction of sp³-hybridized carbons (Fsp3) is 0.467. The van der Waals surface area contributed by atoms with Gasteiger partial charge in [-0.25, -0.2) is 0 Å². The van der Waals surface area contributed by atoms with E-state index >= 15 is 0 Å². The summed E-state index contributed by atoms with van der Waals surface area (Å²) in [6, 6.07) is 7.66. The lowest BCUT2D eigenvalue weighted by Gasteiger charge is -2.31. The first-order valence-corrected chi connectivity index (χ1v) is 7.94. The number of piperidine rings is 1. The molecule has 5 heteroatoms. The third-order valence-corrected chi connectivity index (χ3v) is 4.39. The van der Waals surface area contributed by atoms with Crippen molar-refractivity contribution in [3.63, 3.8) is 0 Å². The molecule has 2 N–H and O–H groups in total. The largest absolute Gasteiger partial charge is 0.370 e. The summed E-state index contributed by atoms with van der Waals surface area (Å²) in [5.74, 6) is 0.149. The lowest BCUT2D eigenvalue weighted by molar-refractivity contribution is -0.119. The Morgan fingerprint density at radius 3 is 2.30 bits per heavy atom. The number of alkyl halides is 1. The van der Waals surface area contributed by atoms with Gasteiger partial charge in [-0.1, -0.05) is 28.1 Å². The summed E-state index contributed by atoms with van der Waals surface area (Å²) in [6.07, 6.45) is 2.14. The number of nitrogens with two attached hydrogens (primary N) is 1. The molecule has 0 spiro atoms. The van der Waals surface area contributed by atoms with Gasteiger partial charge in [-0.3, -0.25) is 9.59 Å². The molecule has 2 amide bonds. The van der Waals surface area contributed by atoms with Crippen LogP contribution in [0.3, 0.4) is 0 Å². The van der Waals surface area contributed by atoms with Crippen LogP contribution in [0, 0.1) is 5.92 Å². The molecule has 0 aliphatic carbocycles. The van der Waals surface area contributed by atoms with E-state index in [1.165, 1.54) is 0 Å². The van der Waals surface area contributed by atoms with Gasteiger partial charge in [-0.2, -0.15) is 0 Å². The van der Waals surface area contributed by atoms with Crippen molar-refractivity contribution in [1.29, 1.82) is 0 Å². The van der Waals surface area contributed by atoms with Gasteiger partial charge in [0.1, 0.15) is 0 Å². The van der Waals surface area contributed by atoms with Gasteiger partial charge in [0.05, 0.1) is 0 Å². The van der Waals surface area contributed by atoms with Gasteiger partial charge >= 0.3 is 0 Å². The molecule has 2 rings (SSSR count). The first kappa shape index (κ1) is 15.0. The van der Waals surface area contributed by atoms with Gasteiger partial charge in [0.15, 0.2) is 0 Å². The van der Waals surface area contributed by atoms with E-state index in [9.17, 15) is 9.59 Å². The maximum Gasteiger partial charge on any atom is 0.253 e. The average Bonchev–Trinajstić information content (AvgIpc) is 2.47. The molecule has 0 bridgehead atoms. The molecular formula is C15H19BrN2O2. The lowest BCUT2D eigenvalue weighted by atomic mass is 9.93. The predicted molar refractivity (Wildman–Crippen MR) is 81.5 cm³/mol. The third-order valence-electron chi connectivity index (χ3n) is 3.75. The molecule has 1 saturated heterocycles. The molecule has 1 aliphatic heterocycles. The summed E-state index contributed by atoms with van der Waals surface area (Å²) in [5.41, 5.74) is 7.09. The number of halogens is 1. The van der Waals surface area contributed by atoms with E-state index in [0.29, 0.717) is 25.4 Å². The molecule has 0 atom stereocenters. The number of likely N-dealkylation sites (tertiary alicyclic amines) is 1. The van der Waals surface area contributed by atoms with Gasteiger partial charge in [-0.15, -0.1) is 0 Å². The van der Waals surface area contributed by atoms with E-state index in [1.54, 1.807) is 0 Å². The number of rotatable bonds is 4. The highest BCUT2D eigenvalue weighted by Crippen LogP contribution is 2.21. The minimum absolute atomic E-state index is 0.0728. The Labute approximate surface area is 127 Å². The fourth-order valence-electron chi connectivity index (χ4n) is 2.54. The molecule has 0 aromatic heterocycles. The van der Waals surface area contributed by atoms with Crippen LogP contribution in [0.25, 0.3) is 0 Å². The Bertz CT molecular complexity index is 479. The second-order valence-electron chi connectivity index (χ2n) is 5.24. The zero-order valence-corrected chi connectivity index (χ0v) is 12.9. The highest BCUT2D eigenvalue weighted by atomic mass is 79.9. The number of benzene rings is 1. The highest BCUT2D eigenvalue weighted by Gasteiger charge is 2.24. The van der Waals surface area contributed by atoms with E-state index in [0.717, 1.165) is 29.3 Å². The number of nitrogens with zero attached hydrogens (tertiary/aromatic N) is 1. The average molecular weight is 339 g/mol. The van der Waals surface area contributed by atoms with Crippen LogP contribution in [-0.4, -0.2) is 29.8 Å². The SMILES string of the molecule is NC(=O)CC1CCN(C(=O)c2ccc(CBr)cc2)CC1. The molecule has 1 fully saturated rings. The summed E-state index contributed by atoms with van der Waals surface area (Å²) >= 11 is 3.39. The summed E-state index contributed by atoms with van der Waals surface area (Å²) in [4.78, 5) is 25.1. The predicted octanol–water partition coefficient (Wildman–Crippen LogP) is 2.31. The molecule has 0 radical (unpaired) electrons. The van der Waals surface area contributed by atoms with E-state index in [1.807, 2.05) is 29.2 Å². The quantitative estimate of drug-likeness (QED) is 0.856. The molecule has 1 aliphatic rings. The Balaban J connectivity index is 1.92. The maximum atomic E-state index is 12.4. The van der Waals surface area contributed by atoms with Crippen molar-refractivity contribution in [3.8, 4) is 0 Å². The number of primary amides is 1. The lowest BCUT2D eigenvalue weighted by Crippen LogP contribution is -2.39. The molecule has 0 saturated carbocycles. The van der Waals surface area contributed by atoms with Crippen molar-refractivity contribution in [2.45, 2.75) is 24.6 Å². The third kappa shape index (κ3) is 3.82. The molecule has 20 heavy (non-hydrogen) atoms. The smallest absolute Gasteiger partial charge is 0.253 e. The highest BCUT2D eigenvalue weighted by molar-refractivity contribution is 9.08. The van der Waals surface area contributed by atoms with Gasteiger partial charge in [0.25, 0.3) is 5.91 Å². The van der Waals surface area contributed by atoms with E-state index in [-0.39, 0.29) is 11.8 Å². The normalized spacial score (nSPS) is 16.1. The molecule has 1 aromatic carbocycles. The summed E-state index contributed by atoms with van der Waals surface area (Å²) in [7, 11) is 0. The summed E-state index contributed by atoms with van der Waals surface area (Å²) < 4.78 is 0. The number of hydrogen-bond acceptors (Lipinski definition) is 2. The standard InChI is InChI=1S/C15H19BrN2O2/c16-10-12-1-3-13(4-2-12)15(20)18-7-5-11(6-8-18)9-14(17)19/h1-4,11H,5-10H2,(H2,17,19).